The largest absolute Gasteiger partial charge is 0.401 e. The van der Waals surface area contributed by atoms with Crippen molar-refractivity contribution in [2.24, 2.45) is 4.99 Å². The molecule has 2 atom stereocenters. The molecule has 4 nitrogen and oxygen atoms in total. The zero-order valence-electron chi connectivity index (χ0n) is 15.2. The van der Waals surface area contributed by atoms with Gasteiger partial charge in [0.1, 0.15) is 0 Å². The number of aliphatic imine (C=N–C) groups is 1. The molecular weight excluding hydrogens is 456 g/mol. The predicted octanol–water partition coefficient (Wildman–Crippen LogP) is 3.43. The molecule has 1 aliphatic heterocycles. The molecule has 2 rings (SSSR count). The molecule has 1 aromatic rings. The summed E-state index contributed by atoms with van der Waals surface area (Å²) in [6.45, 7) is 2.08. The van der Waals surface area contributed by atoms with Crippen LogP contribution in [0.25, 0.3) is 0 Å². The standard InChI is InChI=1S/C18H27F3N4.HI/c1-14(8-9-15-6-4-3-5-7-15)23-17(22-2)24-16-10-11-25(12-16)13-18(19,20)21;/h3-7,14,16H,8-13H2,1-2H3,(H2,22,23,24);1H. The van der Waals surface area contributed by atoms with Crippen LogP contribution in [0.4, 0.5) is 13.2 Å². The van der Waals surface area contributed by atoms with Crippen molar-refractivity contribution in [1.29, 1.82) is 0 Å². The number of nitrogens with zero attached hydrogens (tertiary/aromatic N) is 2. The molecule has 0 spiro atoms. The van der Waals surface area contributed by atoms with Gasteiger partial charge >= 0.3 is 6.18 Å². The molecule has 0 aromatic heterocycles. The zero-order valence-corrected chi connectivity index (χ0v) is 17.6. The van der Waals surface area contributed by atoms with Crippen molar-refractivity contribution in [2.75, 3.05) is 26.7 Å². The fourth-order valence-corrected chi connectivity index (χ4v) is 3.05. The lowest BCUT2D eigenvalue weighted by Crippen LogP contribution is -2.47. The normalized spacial score (nSPS) is 19.7. The second-order valence-corrected chi connectivity index (χ2v) is 6.62. The molecule has 0 radical (unpaired) electrons. The van der Waals surface area contributed by atoms with Gasteiger partial charge in [0, 0.05) is 32.2 Å². The van der Waals surface area contributed by atoms with Crippen LogP contribution in [0, 0.1) is 0 Å². The van der Waals surface area contributed by atoms with Gasteiger partial charge in [-0.15, -0.1) is 24.0 Å². The fraction of sp³-hybridized carbons (Fsp3) is 0.611. The Morgan fingerprint density at radius 1 is 1.31 bits per heavy atom. The summed E-state index contributed by atoms with van der Waals surface area (Å²) in [7, 11) is 1.68. The van der Waals surface area contributed by atoms with Crippen LogP contribution in [0.2, 0.25) is 0 Å². The first kappa shape index (κ1) is 23.0. The molecule has 1 saturated heterocycles. The Morgan fingerprint density at radius 3 is 2.62 bits per heavy atom. The Balaban J connectivity index is 0.00000338. The Bertz CT molecular complexity index is 551. The van der Waals surface area contributed by atoms with Crippen LogP contribution in [-0.2, 0) is 6.42 Å². The number of hydrogen-bond donors (Lipinski definition) is 2. The third-order valence-corrected chi connectivity index (χ3v) is 4.33. The van der Waals surface area contributed by atoms with Gasteiger partial charge in [-0.2, -0.15) is 13.2 Å². The van der Waals surface area contributed by atoms with E-state index in [-0.39, 0.29) is 36.1 Å². The Hall–Kier alpha value is -1.03. The number of aryl methyl sites for hydroxylation is 1. The number of halogens is 4. The van der Waals surface area contributed by atoms with E-state index in [1.54, 1.807) is 7.05 Å². The van der Waals surface area contributed by atoms with Gasteiger partial charge in [-0.3, -0.25) is 9.89 Å². The maximum absolute atomic E-state index is 12.5. The van der Waals surface area contributed by atoms with E-state index in [0.717, 1.165) is 12.8 Å². The predicted molar refractivity (Wildman–Crippen MR) is 110 cm³/mol. The van der Waals surface area contributed by atoms with Gasteiger partial charge in [-0.25, -0.2) is 0 Å². The SMILES string of the molecule is CN=C(NC(C)CCc1ccccc1)NC1CCN(CC(F)(F)F)C1.I. The highest BCUT2D eigenvalue weighted by molar-refractivity contribution is 14.0. The lowest BCUT2D eigenvalue weighted by Gasteiger charge is -2.22. The van der Waals surface area contributed by atoms with E-state index in [1.165, 1.54) is 10.5 Å². The lowest BCUT2D eigenvalue weighted by molar-refractivity contribution is -0.143. The molecule has 2 unspecified atom stereocenters. The Labute approximate surface area is 170 Å². The van der Waals surface area contributed by atoms with Gasteiger partial charge in [0.15, 0.2) is 5.96 Å². The highest BCUT2D eigenvalue weighted by atomic mass is 127. The molecular formula is C18H28F3IN4. The Kier molecular flexibility index (Phi) is 9.70. The molecule has 1 fully saturated rings. The zero-order chi connectivity index (χ0) is 18.3. The van der Waals surface area contributed by atoms with Crippen molar-refractivity contribution in [2.45, 2.75) is 44.4 Å². The van der Waals surface area contributed by atoms with Crippen LogP contribution in [0.5, 0.6) is 0 Å². The topological polar surface area (TPSA) is 39.7 Å². The summed E-state index contributed by atoms with van der Waals surface area (Å²) in [5.74, 6) is 0.652. The fourth-order valence-electron chi connectivity index (χ4n) is 3.05. The van der Waals surface area contributed by atoms with Gasteiger partial charge in [0.05, 0.1) is 6.54 Å². The summed E-state index contributed by atoms with van der Waals surface area (Å²) in [6.07, 6.45) is -1.53. The van der Waals surface area contributed by atoms with Crippen LogP contribution >= 0.6 is 24.0 Å². The van der Waals surface area contributed by atoms with Crippen LogP contribution in [-0.4, -0.2) is 55.8 Å². The van der Waals surface area contributed by atoms with Gasteiger partial charge in [-0.05, 0) is 31.7 Å². The van der Waals surface area contributed by atoms with Crippen molar-refractivity contribution in [3.63, 3.8) is 0 Å². The summed E-state index contributed by atoms with van der Waals surface area (Å²) in [5, 5.41) is 6.57. The highest BCUT2D eigenvalue weighted by Gasteiger charge is 2.34. The summed E-state index contributed by atoms with van der Waals surface area (Å²) in [4.78, 5) is 5.63. The minimum atomic E-state index is -4.14. The average molecular weight is 484 g/mol. The van der Waals surface area contributed by atoms with Crippen LogP contribution in [0.15, 0.2) is 35.3 Å². The maximum atomic E-state index is 12.5. The quantitative estimate of drug-likeness (QED) is 0.370. The van der Waals surface area contributed by atoms with E-state index in [2.05, 4.69) is 34.7 Å². The van der Waals surface area contributed by atoms with E-state index in [9.17, 15) is 13.2 Å². The smallest absolute Gasteiger partial charge is 0.354 e. The minimum absolute atomic E-state index is 0. The molecule has 0 bridgehead atoms. The molecule has 0 saturated carbocycles. The van der Waals surface area contributed by atoms with Crippen molar-refractivity contribution in [3.05, 3.63) is 35.9 Å². The number of nitrogens with one attached hydrogen (secondary N) is 2. The molecule has 26 heavy (non-hydrogen) atoms. The van der Waals surface area contributed by atoms with E-state index in [1.807, 2.05) is 18.2 Å². The molecule has 0 aliphatic carbocycles. The van der Waals surface area contributed by atoms with Crippen molar-refractivity contribution >= 4 is 29.9 Å². The van der Waals surface area contributed by atoms with Crippen LogP contribution in [0.1, 0.15) is 25.3 Å². The molecule has 0 amide bonds. The second kappa shape index (κ2) is 11.0. The summed E-state index contributed by atoms with van der Waals surface area (Å²) in [6, 6.07) is 10.5. The first-order chi connectivity index (χ1) is 11.9. The summed E-state index contributed by atoms with van der Waals surface area (Å²) in [5.41, 5.74) is 1.29. The number of hydrogen-bond acceptors (Lipinski definition) is 2. The Morgan fingerprint density at radius 2 is 2.00 bits per heavy atom. The minimum Gasteiger partial charge on any atom is -0.354 e. The van der Waals surface area contributed by atoms with E-state index < -0.39 is 12.7 Å². The number of likely N-dealkylation sites (tertiary alicyclic amines) is 1. The molecule has 1 aromatic carbocycles. The highest BCUT2D eigenvalue weighted by Crippen LogP contribution is 2.19. The van der Waals surface area contributed by atoms with Gasteiger partial charge in [-0.1, -0.05) is 30.3 Å². The van der Waals surface area contributed by atoms with Crippen molar-refractivity contribution in [1.82, 2.24) is 15.5 Å². The van der Waals surface area contributed by atoms with Gasteiger partial charge < -0.3 is 10.6 Å². The lowest BCUT2D eigenvalue weighted by atomic mass is 10.1. The molecule has 8 heteroatoms. The summed E-state index contributed by atoms with van der Waals surface area (Å²) >= 11 is 0. The van der Waals surface area contributed by atoms with Crippen molar-refractivity contribution in [3.8, 4) is 0 Å². The maximum Gasteiger partial charge on any atom is 0.401 e. The first-order valence-electron chi connectivity index (χ1n) is 8.68. The van der Waals surface area contributed by atoms with E-state index >= 15 is 0 Å². The number of rotatable bonds is 6. The van der Waals surface area contributed by atoms with Gasteiger partial charge in [0.25, 0.3) is 0 Å². The molecule has 1 aliphatic rings. The van der Waals surface area contributed by atoms with Crippen LogP contribution in [0.3, 0.4) is 0 Å². The van der Waals surface area contributed by atoms with Gasteiger partial charge in [0.2, 0.25) is 0 Å². The summed E-state index contributed by atoms with van der Waals surface area (Å²) < 4.78 is 37.4. The third kappa shape index (κ3) is 8.57. The average Bonchev–Trinajstić information content (AvgIpc) is 2.98. The van der Waals surface area contributed by atoms with E-state index in [0.29, 0.717) is 25.5 Å². The molecule has 1 heterocycles. The molecule has 2 N–H and O–H groups in total. The third-order valence-electron chi connectivity index (χ3n) is 4.33. The second-order valence-electron chi connectivity index (χ2n) is 6.62. The first-order valence-corrected chi connectivity index (χ1v) is 8.68. The molecule has 148 valence electrons. The van der Waals surface area contributed by atoms with E-state index in [4.69, 9.17) is 0 Å². The monoisotopic (exact) mass is 484 g/mol. The number of benzene rings is 1. The number of guanidine groups is 1. The van der Waals surface area contributed by atoms with Crippen molar-refractivity contribution < 1.29 is 13.2 Å². The number of alkyl halides is 3. The van der Waals surface area contributed by atoms with Crippen LogP contribution < -0.4 is 10.6 Å².